The number of hydrogen-bond donors (Lipinski definition) is 2. The number of aliphatic hydroxyl groups is 1. The van der Waals surface area contributed by atoms with Crippen LogP contribution in [-0.4, -0.2) is 73.0 Å². The van der Waals surface area contributed by atoms with E-state index in [1.54, 1.807) is 18.2 Å². The number of aryl methyl sites for hydroxylation is 2. The highest BCUT2D eigenvalue weighted by Gasteiger charge is 2.47. The number of Topliss-reactive ketones (excluding diaryl/α,β-unsaturated/α-hetero) is 1. The average Bonchev–Trinajstić information content (AvgIpc) is 3.18. The van der Waals surface area contributed by atoms with Crippen LogP contribution in [0.15, 0.2) is 23.8 Å². The maximum atomic E-state index is 13.3. The van der Waals surface area contributed by atoms with Crippen LogP contribution < -0.4 is 9.47 Å². The molecule has 1 aliphatic rings. The van der Waals surface area contributed by atoms with Crippen molar-refractivity contribution in [2.45, 2.75) is 33.2 Å². The molecule has 2 heterocycles. The number of nitrogens with one attached hydrogen (secondary N) is 1. The van der Waals surface area contributed by atoms with Crippen molar-refractivity contribution in [3.8, 4) is 11.5 Å². The van der Waals surface area contributed by atoms with Gasteiger partial charge in [-0.15, -0.1) is 0 Å². The Balaban J connectivity index is 2.25. The number of carbonyl (C=O) groups is 2. The molecular formula is C25H33N3O5. The summed E-state index contributed by atoms with van der Waals surface area (Å²) in [5, 5.41) is 11.4. The van der Waals surface area contributed by atoms with Crippen LogP contribution in [0.2, 0.25) is 0 Å². The van der Waals surface area contributed by atoms with Crippen molar-refractivity contribution in [1.82, 2.24) is 14.8 Å². The minimum Gasteiger partial charge on any atom is -0.507 e. The number of aromatic amines is 1. The lowest BCUT2D eigenvalue weighted by molar-refractivity contribution is -0.140. The van der Waals surface area contributed by atoms with E-state index in [1.165, 1.54) is 19.1 Å². The topological polar surface area (TPSA) is 95.1 Å². The molecule has 1 unspecified atom stereocenters. The van der Waals surface area contributed by atoms with E-state index in [0.717, 1.165) is 23.5 Å². The normalized spacial score (nSPS) is 17.8. The Morgan fingerprint density at radius 3 is 2.36 bits per heavy atom. The number of methoxy groups -OCH3 is 2. The van der Waals surface area contributed by atoms with Crippen LogP contribution in [0.5, 0.6) is 11.5 Å². The molecule has 1 aromatic carbocycles. The van der Waals surface area contributed by atoms with Crippen molar-refractivity contribution in [3.63, 3.8) is 0 Å². The maximum absolute atomic E-state index is 13.3. The number of likely N-dealkylation sites (tertiary alicyclic amines) is 1. The Hall–Kier alpha value is -3.26. The summed E-state index contributed by atoms with van der Waals surface area (Å²) in [5.74, 6) is -0.608. The van der Waals surface area contributed by atoms with E-state index in [9.17, 15) is 14.7 Å². The number of carbonyl (C=O) groups excluding carboxylic acids is 2. The second kappa shape index (κ2) is 9.70. The molecule has 1 saturated heterocycles. The quantitative estimate of drug-likeness (QED) is 0.360. The first-order valence-corrected chi connectivity index (χ1v) is 10.9. The van der Waals surface area contributed by atoms with Gasteiger partial charge in [-0.05, 0) is 59.5 Å². The largest absolute Gasteiger partial charge is 0.507 e. The molecule has 1 amide bonds. The molecule has 2 aromatic rings. The summed E-state index contributed by atoms with van der Waals surface area (Å²) in [4.78, 5) is 33.2. The number of aromatic nitrogens is 1. The number of aliphatic hydroxyl groups excluding tert-OH is 1. The highest BCUT2D eigenvalue weighted by molar-refractivity contribution is 6.46. The summed E-state index contributed by atoms with van der Waals surface area (Å²) in [6.07, 6.45) is 0.671. The predicted octanol–water partition coefficient (Wildman–Crippen LogP) is 3.33. The van der Waals surface area contributed by atoms with Gasteiger partial charge in [-0.25, -0.2) is 0 Å². The molecule has 8 heteroatoms. The van der Waals surface area contributed by atoms with Crippen LogP contribution in [-0.2, 0) is 9.59 Å². The summed E-state index contributed by atoms with van der Waals surface area (Å²) in [5.41, 5.74) is 3.65. The van der Waals surface area contributed by atoms with Crippen molar-refractivity contribution in [2.75, 3.05) is 41.4 Å². The highest BCUT2D eigenvalue weighted by Crippen LogP contribution is 2.46. The van der Waals surface area contributed by atoms with Crippen molar-refractivity contribution < 1.29 is 24.2 Å². The van der Waals surface area contributed by atoms with Gasteiger partial charge >= 0.3 is 0 Å². The maximum Gasteiger partial charge on any atom is 0.295 e. The van der Waals surface area contributed by atoms with Gasteiger partial charge < -0.3 is 29.4 Å². The van der Waals surface area contributed by atoms with E-state index in [-0.39, 0.29) is 11.3 Å². The summed E-state index contributed by atoms with van der Waals surface area (Å²) in [7, 11) is 6.96. The molecule has 8 nitrogen and oxygen atoms in total. The van der Waals surface area contributed by atoms with Crippen LogP contribution >= 0.6 is 0 Å². The van der Waals surface area contributed by atoms with E-state index in [2.05, 4.69) is 4.98 Å². The molecule has 178 valence electrons. The van der Waals surface area contributed by atoms with Gasteiger partial charge in [-0.2, -0.15) is 0 Å². The lowest BCUT2D eigenvalue weighted by Crippen LogP contribution is -2.32. The second-order valence-electron chi connectivity index (χ2n) is 8.61. The van der Waals surface area contributed by atoms with Gasteiger partial charge in [-0.1, -0.05) is 12.1 Å². The SMILES string of the molecule is COc1cccc(C2/C(=C(\O)c3c(C)[nH]c(C)c3C)C(=O)C(=O)N2CCCN(C)C)c1OC. The van der Waals surface area contributed by atoms with Crippen LogP contribution in [0.25, 0.3) is 5.76 Å². The third-order valence-corrected chi connectivity index (χ3v) is 6.20. The minimum absolute atomic E-state index is 0.0570. The van der Waals surface area contributed by atoms with Crippen molar-refractivity contribution in [1.29, 1.82) is 0 Å². The van der Waals surface area contributed by atoms with Gasteiger partial charge in [0, 0.05) is 29.1 Å². The molecule has 1 fully saturated rings. The number of H-pyrrole nitrogens is 1. The van der Waals surface area contributed by atoms with Crippen LogP contribution in [0.1, 0.15) is 40.5 Å². The minimum atomic E-state index is -0.800. The Labute approximate surface area is 194 Å². The van der Waals surface area contributed by atoms with E-state index in [0.29, 0.717) is 35.6 Å². The van der Waals surface area contributed by atoms with Gasteiger partial charge in [0.2, 0.25) is 0 Å². The zero-order valence-corrected chi connectivity index (χ0v) is 20.4. The van der Waals surface area contributed by atoms with Crippen LogP contribution in [0.3, 0.4) is 0 Å². The van der Waals surface area contributed by atoms with Crippen molar-refractivity contribution in [3.05, 3.63) is 51.9 Å². The van der Waals surface area contributed by atoms with Gasteiger partial charge in [-0.3, -0.25) is 9.59 Å². The second-order valence-corrected chi connectivity index (χ2v) is 8.61. The number of nitrogens with zero attached hydrogens (tertiary/aromatic N) is 2. The van der Waals surface area contributed by atoms with Gasteiger partial charge in [0.1, 0.15) is 5.76 Å². The van der Waals surface area contributed by atoms with E-state index >= 15 is 0 Å². The van der Waals surface area contributed by atoms with E-state index < -0.39 is 17.7 Å². The Bertz CT molecular complexity index is 1100. The number of ether oxygens (including phenoxy) is 2. The van der Waals surface area contributed by atoms with Gasteiger partial charge in [0.15, 0.2) is 11.5 Å². The lowest BCUT2D eigenvalue weighted by atomic mass is 9.93. The summed E-state index contributed by atoms with van der Waals surface area (Å²) in [6, 6.07) is 4.54. The monoisotopic (exact) mass is 455 g/mol. The molecule has 2 N–H and O–H groups in total. The number of rotatable bonds is 8. The highest BCUT2D eigenvalue weighted by atomic mass is 16.5. The fraction of sp³-hybridized carbons (Fsp3) is 0.440. The molecule has 1 aliphatic heterocycles. The smallest absolute Gasteiger partial charge is 0.295 e. The van der Waals surface area contributed by atoms with Gasteiger partial charge in [0.25, 0.3) is 11.7 Å². The number of para-hydroxylation sites is 1. The molecule has 1 atom stereocenters. The molecule has 0 radical (unpaired) electrons. The summed E-state index contributed by atoms with van der Waals surface area (Å²) in [6.45, 7) is 6.72. The number of ketones is 1. The number of benzene rings is 1. The zero-order valence-electron chi connectivity index (χ0n) is 20.4. The standard InChI is InChI=1S/C25H33N3O5/c1-14-15(2)26-16(3)19(14)22(29)20-21(17-10-8-11-18(32-6)24(17)33-7)28(25(31)23(20)30)13-9-12-27(4)5/h8,10-11,21,26,29H,9,12-13H2,1-7H3/b22-20+. The molecule has 0 spiro atoms. The lowest BCUT2D eigenvalue weighted by Gasteiger charge is -2.27. The third kappa shape index (κ3) is 4.35. The van der Waals surface area contributed by atoms with E-state index in [4.69, 9.17) is 9.47 Å². The molecule has 3 rings (SSSR count). The van der Waals surface area contributed by atoms with E-state index in [1.807, 2.05) is 39.8 Å². The first kappa shape index (κ1) is 24.4. The first-order valence-electron chi connectivity index (χ1n) is 10.9. The average molecular weight is 456 g/mol. The summed E-state index contributed by atoms with van der Waals surface area (Å²) >= 11 is 0. The predicted molar refractivity (Wildman–Crippen MR) is 127 cm³/mol. The molecule has 33 heavy (non-hydrogen) atoms. The fourth-order valence-corrected chi connectivity index (χ4v) is 4.51. The molecule has 0 bridgehead atoms. The Morgan fingerprint density at radius 1 is 1.12 bits per heavy atom. The summed E-state index contributed by atoms with van der Waals surface area (Å²) < 4.78 is 11.1. The Morgan fingerprint density at radius 2 is 1.82 bits per heavy atom. The molecular weight excluding hydrogens is 422 g/mol. The first-order chi connectivity index (χ1) is 15.6. The number of hydrogen-bond acceptors (Lipinski definition) is 6. The zero-order chi connectivity index (χ0) is 24.4. The van der Waals surface area contributed by atoms with Crippen LogP contribution in [0, 0.1) is 20.8 Å². The van der Waals surface area contributed by atoms with Crippen LogP contribution in [0.4, 0.5) is 0 Å². The van der Waals surface area contributed by atoms with Crippen molar-refractivity contribution >= 4 is 17.4 Å². The molecule has 0 saturated carbocycles. The Kier molecular flexibility index (Phi) is 7.17. The third-order valence-electron chi connectivity index (χ3n) is 6.20. The molecule has 0 aliphatic carbocycles. The fourth-order valence-electron chi connectivity index (χ4n) is 4.51. The van der Waals surface area contributed by atoms with Gasteiger partial charge in [0.05, 0.1) is 25.8 Å². The van der Waals surface area contributed by atoms with Crippen molar-refractivity contribution in [2.24, 2.45) is 0 Å². The number of amides is 1. The molecule has 1 aromatic heterocycles.